The Balaban J connectivity index is 0.000000186. The second kappa shape index (κ2) is 13.2. The van der Waals surface area contributed by atoms with E-state index in [9.17, 15) is 0 Å². The first-order valence-electron chi connectivity index (χ1n) is 12.7. The van der Waals surface area contributed by atoms with Gasteiger partial charge in [-0.05, 0) is 6.04 Å². The molecular formula is C33H33BN2Si. The van der Waals surface area contributed by atoms with Gasteiger partial charge in [0.2, 0.25) is 6.71 Å². The molecule has 1 heterocycles. The lowest BCUT2D eigenvalue weighted by Crippen LogP contribution is -2.61. The summed E-state index contributed by atoms with van der Waals surface area (Å²) in [5.74, 6) is 1.99. The zero-order valence-electron chi connectivity index (χ0n) is 21.2. The van der Waals surface area contributed by atoms with E-state index in [0.717, 1.165) is 12.2 Å². The van der Waals surface area contributed by atoms with Gasteiger partial charge in [0.05, 0.1) is 6.33 Å². The number of allylic oxidation sites excluding steroid dienone is 1. The first-order valence-corrected chi connectivity index (χ1v) is 15.1. The Bertz CT molecular complexity index is 1260. The molecule has 4 aromatic carbocycles. The van der Waals surface area contributed by atoms with Crippen LogP contribution in [0.15, 0.2) is 165 Å². The third-order valence-corrected chi connectivity index (χ3v) is 11.5. The molecule has 0 saturated heterocycles. The average Bonchev–Trinajstić information content (AvgIpc) is 3.49. The predicted octanol–water partition coefficient (Wildman–Crippen LogP) is 4.89. The molecular weight excluding hydrogens is 463 g/mol. The van der Waals surface area contributed by atoms with Crippen LogP contribution in [0.25, 0.3) is 0 Å². The highest BCUT2D eigenvalue weighted by molar-refractivity contribution is 7.01. The van der Waals surface area contributed by atoms with E-state index in [2.05, 4.69) is 144 Å². The normalized spacial score (nSPS) is 10.6. The van der Waals surface area contributed by atoms with Gasteiger partial charge in [-0.3, -0.25) is 0 Å². The number of aromatic nitrogens is 2. The van der Waals surface area contributed by atoms with Crippen molar-refractivity contribution in [3.05, 3.63) is 165 Å². The van der Waals surface area contributed by atoms with Crippen LogP contribution in [0, 0.1) is 0 Å². The molecule has 5 aromatic rings. The molecule has 0 atom stereocenters. The topological polar surface area (TPSA) is 17.8 Å². The molecule has 0 N–H and O–H groups in total. The van der Waals surface area contributed by atoms with E-state index in [1.54, 1.807) is 0 Å². The molecule has 4 heteroatoms. The number of hydrogen-bond acceptors (Lipinski definition) is 1. The van der Waals surface area contributed by atoms with Crippen molar-refractivity contribution in [2.45, 2.75) is 12.2 Å². The molecule has 5 rings (SSSR count). The molecule has 0 amide bonds. The smallest absolute Gasteiger partial charge is 0.233 e. The second-order valence-corrected chi connectivity index (χ2v) is 13.1. The Hall–Kier alpha value is -4.15. The van der Waals surface area contributed by atoms with E-state index in [4.69, 9.17) is 0 Å². The largest absolute Gasteiger partial charge is 0.340 e. The molecule has 182 valence electrons. The number of hydrogen-bond donors (Lipinski definition) is 0. The van der Waals surface area contributed by atoms with Crippen molar-refractivity contribution in [1.82, 2.24) is 9.55 Å². The Morgan fingerprint density at radius 1 is 0.676 bits per heavy atom. The van der Waals surface area contributed by atoms with Gasteiger partial charge in [-0.1, -0.05) is 149 Å². The quantitative estimate of drug-likeness (QED) is 0.210. The molecule has 0 bridgehead atoms. The standard InChI is InChI=1S/C19H20N2Si.C14H13B/c1-2-15-22(17-21-14-13-20-16-21,18-9-5-3-6-10-18)19-11-7-4-8-12-19;1-2-15(13-9-5-3-6-10-13)14-11-7-4-8-12-14/h2-14,16H,1,15,17H2;2-12H,1H2. The first kappa shape index (κ1) is 25.9. The van der Waals surface area contributed by atoms with Gasteiger partial charge in [-0.2, -0.15) is 0 Å². The molecule has 0 aliphatic carbocycles. The van der Waals surface area contributed by atoms with Crippen LogP contribution in [0.1, 0.15) is 0 Å². The minimum Gasteiger partial charge on any atom is -0.340 e. The maximum Gasteiger partial charge on any atom is 0.233 e. The maximum atomic E-state index is 4.21. The lowest BCUT2D eigenvalue weighted by molar-refractivity contribution is 0.855. The molecule has 37 heavy (non-hydrogen) atoms. The zero-order valence-corrected chi connectivity index (χ0v) is 22.2. The van der Waals surface area contributed by atoms with Crippen molar-refractivity contribution in [1.29, 1.82) is 0 Å². The monoisotopic (exact) mass is 496 g/mol. The van der Waals surface area contributed by atoms with Crippen molar-refractivity contribution in [3.63, 3.8) is 0 Å². The highest BCUT2D eigenvalue weighted by atomic mass is 28.3. The fraction of sp³-hybridized carbons (Fsp3) is 0.0606. The van der Waals surface area contributed by atoms with Gasteiger partial charge in [0, 0.05) is 18.6 Å². The van der Waals surface area contributed by atoms with Gasteiger partial charge >= 0.3 is 0 Å². The van der Waals surface area contributed by atoms with Crippen LogP contribution >= 0.6 is 0 Å². The van der Waals surface area contributed by atoms with Crippen molar-refractivity contribution < 1.29 is 0 Å². The number of rotatable bonds is 9. The van der Waals surface area contributed by atoms with E-state index >= 15 is 0 Å². The summed E-state index contributed by atoms with van der Waals surface area (Å²) in [7, 11) is -1.95. The summed E-state index contributed by atoms with van der Waals surface area (Å²) >= 11 is 0. The third-order valence-electron chi connectivity index (χ3n) is 6.71. The maximum absolute atomic E-state index is 4.21. The minimum atomic E-state index is -1.95. The van der Waals surface area contributed by atoms with Crippen molar-refractivity contribution in [2.75, 3.05) is 0 Å². The highest BCUT2D eigenvalue weighted by Gasteiger charge is 2.36. The minimum absolute atomic E-state index is 0.299. The molecule has 0 saturated carbocycles. The lowest BCUT2D eigenvalue weighted by Gasteiger charge is -2.32. The van der Waals surface area contributed by atoms with Crippen LogP contribution in [-0.4, -0.2) is 24.3 Å². The van der Waals surface area contributed by atoms with Crippen LogP contribution in [0.5, 0.6) is 0 Å². The average molecular weight is 497 g/mol. The Kier molecular flexibility index (Phi) is 9.28. The lowest BCUT2D eigenvalue weighted by atomic mass is 9.41. The summed E-state index contributed by atoms with van der Waals surface area (Å²) in [6, 6.07) is 43.7. The molecule has 0 radical (unpaired) electrons. The van der Waals surface area contributed by atoms with Crippen molar-refractivity contribution in [2.24, 2.45) is 0 Å². The van der Waals surface area contributed by atoms with Crippen molar-refractivity contribution >= 4 is 36.1 Å². The Labute approximate surface area is 222 Å². The van der Waals surface area contributed by atoms with Gasteiger partial charge in [-0.15, -0.1) is 19.1 Å². The van der Waals surface area contributed by atoms with E-state index < -0.39 is 8.07 Å². The van der Waals surface area contributed by atoms with Gasteiger partial charge in [0.15, 0.2) is 0 Å². The van der Waals surface area contributed by atoms with E-state index in [1.807, 2.05) is 30.6 Å². The second-order valence-electron chi connectivity index (χ2n) is 9.08. The van der Waals surface area contributed by atoms with Crippen LogP contribution in [-0.2, 0) is 6.17 Å². The molecule has 0 aliphatic rings. The number of nitrogens with zero attached hydrogens (tertiary/aromatic N) is 2. The summed E-state index contributed by atoms with van der Waals surface area (Å²) in [6.07, 6.45) is 8.87. The van der Waals surface area contributed by atoms with Gasteiger partial charge < -0.3 is 4.57 Å². The number of imidazole rings is 1. The van der Waals surface area contributed by atoms with Gasteiger partial charge in [-0.25, -0.2) is 4.98 Å². The zero-order chi connectivity index (χ0) is 25.8. The van der Waals surface area contributed by atoms with E-state index in [0.29, 0.717) is 6.71 Å². The summed E-state index contributed by atoms with van der Waals surface area (Å²) in [5.41, 5.74) is 2.58. The third kappa shape index (κ3) is 6.55. The van der Waals surface area contributed by atoms with Crippen LogP contribution in [0.4, 0.5) is 0 Å². The SMILES string of the molecule is C=CB(c1ccccc1)c1ccccc1.C=CC[Si](Cn1ccnc1)(c1ccccc1)c1ccccc1. The van der Waals surface area contributed by atoms with Crippen LogP contribution < -0.4 is 21.3 Å². The highest BCUT2D eigenvalue weighted by Crippen LogP contribution is 2.15. The molecule has 0 unspecified atom stereocenters. The van der Waals surface area contributed by atoms with Crippen LogP contribution in [0.3, 0.4) is 0 Å². The summed E-state index contributed by atoms with van der Waals surface area (Å²) < 4.78 is 2.20. The fourth-order valence-corrected chi connectivity index (χ4v) is 9.15. The van der Waals surface area contributed by atoms with Crippen LogP contribution in [0.2, 0.25) is 6.04 Å². The summed E-state index contributed by atoms with van der Waals surface area (Å²) in [6.45, 7) is 8.25. The van der Waals surface area contributed by atoms with E-state index in [-0.39, 0.29) is 0 Å². The Morgan fingerprint density at radius 2 is 1.14 bits per heavy atom. The molecule has 2 nitrogen and oxygen atoms in total. The van der Waals surface area contributed by atoms with Crippen molar-refractivity contribution in [3.8, 4) is 0 Å². The van der Waals surface area contributed by atoms with E-state index in [1.165, 1.54) is 21.3 Å². The Morgan fingerprint density at radius 3 is 1.51 bits per heavy atom. The van der Waals surface area contributed by atoms with Gasteiger partial charge in [0.1, 0.15) is 8.07 Å². The summed E-state index contributed by atoms with van der Waals surface area (Å²) in [4.78, 5) is 4.21. The molecule has 0 fully saturated rings. The first-order chi connectivity index (χ1) is 18.3. The molecule has 0 aliphatic heterocycles. The number of benzene rings is 4. The molecule has 1 aromatic heterocycles. The molecule has 0 spiro atoms. The fourth-order valence-electron chi connectivity index (χ4n) is 4.89. The predicted molar refractivity (Wildman–Crippen MR) is 163 cm³/mol. The van der Waals surface area contributed by atoms with Gasteiger partial charge in [0.25, 0.3) is 0 Å². The summed E-state index contributed by atoms with van der Waals surface area (Å²) in [5, 5.41) is 2.88.